The summed E-state index contributed by atoms with van der Waals surface area (Å²) in [6.45, 7) is 3.70. The first kappa shape index (κ1) is 24.2. The summed E-state index contributed by atoms with van der Waals surface area (Å²) in [6, 6.07) is 5.52. The van der Waals surface area contributed by atoms with E-state index in [0.29, 0.717) is 25.8 Å². The molecule has 0 bridgehead atoms. The van der Waals surface area contributed by atoms with Gasteiger partial charge in [0.25, 0.3) is 0 Å². The van der Waals surface area contributed by atoms with Crippen molar-refractivity contribution in [3.63, 3.8) is 0 Å². The van der Waals surface area contributed by atoms with Gasteiger partial charge in [-0.25, -0.2) is 9.18 Å². The summed E-state index contributed by atoms with van der Waals surface area (Å²) in [5, 5.41) is 3.13. The quantitative estimate of drug-likeness (QED) is 0.620. The second-order valence-electron chi connectivity index (χ2n) is 11.6. The van der Waals surface area contributed by atoms with E-state index in [2.05, 4.69) is 10.2 Å². The molecule has 1 N–H and O–H groups in total. The number of anilines is 1. The van der Waals surface area contributed by atoms with Gasteiger partial charge in [-0.15, -0.1) is 0 Å². The van der Waals surface area contributed by atoms with Crippen LogP contribution in [-0.4, -0.2) is 67.9 Å². The molecule has 0 radical (unpaired) electrons. The van der Waals surface area contributed by atoms with Gasteiger partial charge in [-0.05, 0) is 81.8 Å². The van der Waals surface area contributed by atoms with Gasteiger partial charge in [0, 0.05) is 43.5 Å². The van der Waals surface area contributed by atoms with Crippen LogP contribution in [0.5, 0.6) is 0 Å². The first-order chi connectivity index (χ1) is 17.5. The van der Waals surface area contributed by atoms with Gasteiger partial charge in [-0.1, -0.05) is 12.8 Å². The first-order valence-corrected chi connectivity index (χ1v) is 13.9. The highest BCUT2D eigenvalue weighted by atomic mass is 19.1. The van der Waals surface area contributed by atoms with Crippen LogP contribution in [0.2, 0.25) is 0 Å². The highest BCUT2D eigenvalue weighted by Crippen LogP contribution is 2.49. The Labute approximate surface area is 214 Å². The topological polar surface area (TPSA) is 71.1 Å². The molecule has 5 aliphatic rings. The normalized spacial score (nSPS) is 30.1. The number of ether oxygens (including phenoxy) is 2. The SMILES string of the molecule is O=C(NC1CCCCC(N2CCC3(CC2)CN(C(=O)C2CC2)c2ccc(F)cc23)C1)O[C@H]1CCOC1.[HH]. The molecule has 36 heavy (non-hydrogen) atoms. The number of benzene rings is 1. The van der Waals surface area contributed by atoms with E-state index in [1.807, 2.05) is 11.0 Å². The Morgan fingerprint density at radius 3 is 2.67 bits per heavy atom. The fraction of sp³-hybridized carbons (Fsp3) is 0.714. The number of alkyl carbamates (subject to hydrolysis) is 1. The number of halogens is 1. The number of amides is 2. The number of nitrogens with one attached hydrogen (secondary N) is 1. The molecule has 3 heterocycles. The van der Waals surface area contributed by atoms with Crippen LogP contribution in [0.25, 0.3) is 0 Å². The van der Waals surface area contributed by atoms with Crippen molar-refractivity contribution >= 4 is 17.7 Å². The molecule has 8 heteroatoms. The van der Waals surface area contributed by atoms with Crippen molar-refractivity contribution in [3.8, 4) is 0 Å². The van der Waals surface area contributed by atoms with Crippen molar-refractivity contribution in [1.82, 2.24) is 10.2 Å². The monoisotopic (exact) mass is 501 g/mol. The van der Waals surface area contributed by atoms with Crippen molar-refractivity contribution < 1.29 is 24.9 Å². The minimum Gasteiger partial charge on any atom is -0.444 e. The van der Waals surface area contributed by atoms with Gasteiger partial charge in [-0.2, -0.15) is 0 Å². The maximum Gasteiger partial charge on any atom is 0.407 e. The molecule has 198 valence electrons. The zero-order chi connectivity index (χ0) is 24.7. The number of nitrogens with zero attached hydrogens (tertiary/aromatic N) is 2. The van der Waals surface area contributed by atoms with E-state index in [0.717, 1.165) is 88.5 Å². The van der Waals surface area contributed by atoms with Crippen LogP contribution in [0.3, 0.4) is 0 Å². The summed E-state index contributed by atoms with van der Waals surface area (Å²) >= 11 is 0. The highest BCUT2D eigenvalue weighted by molar-refractivity contribution is 5.99. The average Bonchev–Trinajstić information content (AvgIpc) is 3.58. The molecular formula is C28H40FN3O4. The van der Waals surface area contributed by atoms with Crippen LogP contribution in [-0.2, 0) is 19.7 Å². The van der Waals surface area contributed by atoms with E-state index < -0.39 is 0 Å². The van der Waals surface area contributed by atoms with Crippen LogP contribution < -0.4 is 10.2 Å². The standard InChI is InChI=1S/C28H38FN3O4.H2/c29-20-7-8-25-24(15-20)28(18-32(25)26(33)19-5-6-19)10-12-31(13-11-28)22-4-2-1-3-21(16-22)30-27(34)36-23-9-14-35-17-23;/h7-8,15,19,21-23H,1-6,9-14,16-18H2,(H,30,34);1H/t21?,22?,23-;/m0./s1. The molecule has 6 rings (SSSR count). The van der Waals surface area contributed by atoms with Gasteiger partial charge in [-0.3, -0.25) is 4.79 Å². The minimum atomic E-state index is -0.321. The number of likely N-dealkylation sites (tertiary alicyclic amines) is 1. The zero-order valence-corrected chi connectivity index (χ0v) is 21.1. The molecule has 0 aromatic heterocycles. The molecule has 1 aromatic carbocycles. The lowest BCUT2D eigenvalue weighted by molar-refractivity contribution is -0.119. The highest BCUT2D eigenvalue weighted by Gasteiger charge is 2.49. The van der Waals surface area contributed by atoms with Gasteiger partial charge in [0.15, 0.2) is 0 Å². The first-order valence-electron chi connectivity index (χ1n) is 13.9. The van der Waals surface area contributed by atoms with Gasteiger partial charge in [0.2, 0.25) is 5.91 Å². The van der Waals surface area contributed by atoms with Gasteiger partial charge in [0.1, 0.15) is 11.9 Å². The lowest BCUT2D eigenvalue weighted by Gasteiger charge is -2.43. The lowest BCUT2D eigenvalue weighted by atomic mass is 9.74. The third kappa shape index (κ3) is 4.86. The van der Waals surface area contributed by atoms with Crippen LogP contribution in [0, 0.1) is 11.7 Å². The van der Waals surface area contributed by atoms with Crippen LogP contribution >= 0.6 is 0 Å². The summed E-state index contributed by atoms with van der Waals surface area (Å²) in [7, 11) is 0. The summed E-state index contributed by atoms with van der Waals surface area (Å²) in [5.41, 5.74) is 1.79. The second kappa shape index (κ2) is 9.93. The van der Waals surface area contributed by atoms with E-state index >= 15 is 0 Å². The fourth-order valence-corrected chi connectivity index (χ4v) is 6.89. The largest absolute Gasteiger partial charge is 0.444 e. The molecule has 2 saturated carbocycles. The molecule has 1 aromatic rings. The second-order valence-corrected chi connectivity index (χ2v) is 11.6. The van der Waals surface area contributed by atoms with E-state index in [-0.39, 0.29) is 42.7 Å². The number of rotatable bonds is 4. The molecule has 2 saturated heterocycles. The third-order valence-corrected chi connectivity index (χ3v) is 9.13. The number of hydrogen-bond acceptors (Lipinski definition) is 5. The van der Waals surface area contributed by atoms with Gasteiger partial charge in [0.05, 0.1) is 13.2 Å². The van der Waals surface area contributed by atoms with Crippen molar-refractivity contribution in [1.29, 1.82) is 0 Å². The number of fused-ring (bicyclic) bond motifs is 2. The fourth-order valence-electron chi connectivity index (χ4n) is 6.89. The van der Waals surface area contributed by atoms with Gasteiger partial charge >= 0.3 is 6.09 Å². The predicted octanol–water partition coefficient (Wildman–Crippen LogP) is 4.38. The zero-order valence-electron chi connectivity index (χ0n) is 21.1. The molecule has 2 aliphatic carbocycles. The van der Waals surface area contributed by atoms with Crippen molar-refractivity contribution in [2.24, 2.45) is 5.92 Å². The summed E-state index contributed by atoms with van der Waals surface area (Å²) in [4.78, 5) is 30.0. The molecule has 2 amide bonds. The Morgan fingerprint density at radius 2 is 1.92 bits per heavy atom. The van der Waals surface area contributed by atoms with Crippen molar-refractivity contribution in [2.75, 3.05) is 37.7 Å². The number of carbonyl (C=O) groups excluding carboxylic acids is 2. The van der Waals surface area contributed by atoms with E-state index in [9.17, 15) is 14.0 Å². The van der Waals surface area contributed by atoms with E-state index in [4.69, 9.17) is 9.47 Å². The molecule has 1 spiro atoms. The van der Waals surface area contributed by atoms with Crippen molar-refractivity contribution in [2.45, 2.75) is 87.8 Å². The predicted molar refractivity (Wildman–Crippen MR) is 136 cm³/mol. The summed E-state index contributed by atoms with van der Waals surface area (Å²) < 4.78 is 25.2. The van der Waals surface area contributed by atoms with E-state index in [1.54, 1.807) is 6.07 Å². The van der Waals surface area contributed by atoms with Crippen LogP contribution in [0.4, 0.5) is 14.9 Å². The maximum atomic E-state index is 14.3. The molecule has 3 atom stereocenters. The lowest BCUT2D eigenvalue weighted by Crippen LogP contribution is -2.50. The smallest absolute Gasteiger partial charge is 0.407 e. The Bertz CT molecular complexity index is 992. The third-order valence-electron chi connectivity index (χ3n) is 9.13. The number of piperidine rings is 1. The minimum absolute atomic E-state index is 0. The Hall–Kier alpha value is -2.19. The Balaban J connectivity index is 0.00000280. The summed E-state index contributed by atoms with van der Waals surface area (Å²) in [6.07, 6.45) is 9.44. The molecule has 7 nitrogen and oxygen atoms in total. The number of hydrogen-bond donors (Lipinski definition) is 1. The average molecular weight is 502 g/mol. The summed E-state index contributed by atoms with van der Waals surface area (Å²) in [5.74, 6) is 0.155. The Kier molecular flexibility index (Phi) is 6.67. The van der Waals surface area contributed by atoms with Crippen LogP contribution in [0.15, 0.2) is 18.2 Å². The molecular weight excluding hydrogens is 461 g/mol. The van der Waals surface area contributed by atoms with Crippen LogP contribution in [0.1, 0.15) is 71.2 Å². The number of carbonyl (C=O) groups is 2. The van der Waals surface area contributed by atoms with E-state index in [1.165, 1.54) is 6.07 Å². The van der Waals surface area contributed by atoms with Gasteiger partial charge < -0.3 is 24.6 Å². The maximum absolute atomic E-state index is 14.3. The molecule has 4 fully saturated rings. The Morgan fingerprint density at radius 1 is 1.11 bits per heavy atom. The van der Waals surface area contributed by atoms with Crippen molar-refractivity contribution in [3.05, 3.63) is 29.6 Å². The molecule has 2 unspecified atom stereocenters. The molecule has 3 aliphatic heterocycles.